The Kier molecular flexibility index (Phi) is 7.74. The Morgan fingerprint density at radius 1 is 1.32 bits per heavy atom. The molecule has 2 atom stereocenters. The quantitative estimate of drug-likeness (QED) is 0.605. The minimum absolute atomic E-state index is 0.151. The summed E-state index contributed by atoms with van der Waals surface area (Å²) in [6.07, 6.45) is 2.54. The predicted molar refractivity (Wildman–Crippen MR) is 87.6 cm³/mol. The van der Waals surface area contributed by atoms with Crippen molar-refractivity contribution in [2.45, 2.75) is 39.5 Å². The van der Waals surface area contributed by atoms with E-state index in [1.54, 1.807) is 31.2 Å². The van der Waals surface area contributed by atoms with E-state index >= 15 is 0 Å². The number of unbranched alkanes of at least 4 members (excludes halogenated alkanes) is 1. The highest BCUT2D eigenvalue weighted by molar-refractivity contribution is 6.33. The first-order valence-corrected chi connectivity index (χ1v) is 7.85. The van der Waals surface area contributed by atoms with Gasteiger partial charge in [-0.05, 0) is 24.5 Å². The summed E-state index contributed by atoms with van der Waals surface area (Å²) in [5.74, 6) is -1.81. The Labute approximate surface area is 136 Å². The van der Waals surface area contributed by atoms with Crippen LogP contribution < -0.4 is 10.9 Å². The molecule has 0 aliphatic rings. The van der Waals surface area contributed by atoms with Gasteiger partial charge in [-0.1, -0.05) is 50.4 Å². The van der Waals surface area contributed by atoms with E-state index in [1.165, 1.54) is 0 Å². The standard InChI is InChI=1S/C16H23ClN2O3/c1-3-4-7-12(16(21)22)11(2)10-15(20)19-18-14-9-6-5-8-13(14)17/h5-6,8-9,11-12,18H,3-4,7,10H2,1-2H3,(H,19,20)(H,21,22)/t11-,12-/m0/s1. The molecular formula is C16H23ClN2O3. The molecule has 5 nitrogen and oxygen atoms in total. The molecule has 0 heterocycles. The second-order valence-corrected chi connectivity index (χ2v) is 5.83. The van der Waals surface area contributed by atoms with Crippen molar-refractivity contribution >= 4 is 29.2 Å². The maximum Gasteiger partial charge on any atom is 0.306 e. The Morgan fingerprint density at radius 2 is 2.00 bits per heavy atom. The van der Waals surface area contributed by atoms with Crippen molar-refractivity contribution in [3.05, 3.63) is 29.3 Å². The number of rotatable bonds is 9. The zero-order chi connectivity index (χ0) is 16.5. The summed E-state index contributed by atoms with van der Waals surface area (Å²) in [5.41, 5.74) is 5.91. The van der Waals surface area contributed by atoms with Crippen molar-refractivity contribution in [1.82, 2.24) is 5.43 Å². The third kappa shape index (κ3) is 5.93. The lowest BCUT2D eigenvalue weighted by Gasteiger charge is -2.20. The Hall–Kier alpha value is -1.75. The molecule has 1 aromatic rings. The molecule has 0 aliphatic heterocycles. The molecule has 22 heavy (non-hydrogen) atoms. The molecule has 6 heteroatoms. The number of benzene rings is 1. The number of carboxylic acid groups (broad SMARTS) is 1. The normalized spacial score (nSPS) is 13.2. The molecule has 122 valence electrons. The fourth-order valence-electron chi connectivity index (χ4n) is 2.26. The average molecular weight is 327 g/mol. The smallest absolute Gasteiger partial charge is 0.306 e. The Balaban J connectivity index is 2.49. The lowest BCUT2D eigenvalue weighted by molar-refractivity contribution is -0.144. The maximum atomic E-state index is 11.9. The summed E-state index contributed by atoms with van der Waals surface area (Å²) in [4.78, 5) is 23.2. The molecule has 1 amide bonds. The molecule has 0 bridgehead atoms. The highest BCUT2D eigenvalue weighted by Gasteiger charge is 2.25. The summed E-state index contributed by atoms with van der Waals surface area (Å²) in [5, 5.41) is 9.76. The number of hydrazine groups is 1. The number of aliphatic carboxylic acids is 1. The Morgan fingerprint density at radius 3 is 2.59 bits per heavy atom. The minimum Gasteiger partial charge on any atom is -0.481 e. The summed E-state index contributed by atoms with van der Waals surface area (Å²) < 4.78 is 0. The molecule has 0 aliphatic carbocycles. The first-order chi connectivity index (χ1) is 10.5. The molecule has 1 aromatic carbocycles. The average Bonchev–Trinajstić information content (AvgIpc) is 2.46. The van der Waals surface area contributed by atoms with Crippen molar-refractivity contribution in [3.8, 4) is 0 Å². The number of carboxylic acids is 1. The van der Waals surface area contributed by atoms with E-state index < -0.39 is 11.9 Å². The first kappa shape index (κ1) is 18.3. The molecule has 3 N–H and O–H groups in total. The van der Waals surface area contributed by atoms with Gasteiger partial charge in [0.1, 0.15) is 0 Å². The number of hydrogen-bond donors (Lipinski definition) is 3. The van der Waals surface area contributed by atoms with Crippen LogP contribution in [0.2, 0.25) is 5.02 Å². The number of nitrogens with one attached hydrogen (secondary N) is 2. The molecule has 0 fully saturated rings. The van der Waals surface area contributed by atoms with Crippen molar-refractivity contribution in [2.24, 2.45) is 11.8 Å². The highest BCUT2D eigenvalue weighted by atomic mass is 35.5. The van der Waals surface area contributed by atoms with E-state index in [9.17, 15) is 14.7 Å². The van der Waals surface area contributed by atoms with Crippen LogP contribution in [0.3, 0.4) is 0 Å². The molecule has 0 saturated carbocycles. The molecule has 0 spiro atoms. The van der Waals surface area contributed by atoms with Gasteiger partial charge in [0, 0.05) is 6.42 Å². The first-order valence-electron chi connectivity index (χ1n) is 7.47. The number of para-hydroxylation sites is 1. The largest absolute Gasteiger partial charge is 0.481 e. The fourth-order valence-corrected chi connectivity index (χ4v) is 2.44. The summed E-state index contributed by atoms with van der Waals surface area (Å²) in [6, 6.07) is 7.05. The highest BCUT2D eigenvalue weighted by Crippen LogP contribution is 2.22. The van der Waals surface area contributed by atoms with Crippen LogP contribution in [0.1, 0.15) is 39.5 Å². The number of hydrogen-bond acceptors (Lipinski definition) is 3. The second kappa shape index (κ2) is 9.30. The van der Waals surface area contributed by atoms with Crippen molar-refractivity contribution in [3.63, 3.8) is 0 Å². The third-order valence-corrected chi connectivity index (χ3v) is 3.92. The molecular weight excluding hydrogens is 304 g/mol. The van der Waals surface area contributed by atoms with E-state index in [2.05, 4.69) is 10.9 Å². The van der Waals surface area contributed by atoms with Crippen LogP contribution in [0.5, 0.6) is 0 Å². The maximum absolute atomic E-state index is 11.9. The summed E-state index contributed by atoms with van der Waals surface area (Å²) in [6.45, 7) is 3.81. The van der Waals surface area contributed by atoms with Gasteiger partial charge in [0.05, 0.1) is 16.6 Å². The van der Waals surface area contributed by atoms with E-state index in [1.807, 2.05) is 6.92 Å². The van der Waals surface area contributed by atoms with Crippen LogP contribution >= 0.6 is 11.6 Å². The monoisotopic (exact) mass is 326 g/mol. The van der Waals surface area contributed by atoms with Crippen LogP contribution in [0.4, 0.5) is 5.69 Å². The van der Waals surface area contributed by atoms with Gasteiger partial charge in [0.2, 0.25) is 5.91 Å². The van der Waals surface area contributed by atoms with Gasteiger partial charge in [-0.3, -0.25) is 20.4 Å². The number of halogens is 1. The van der Waals surface area contributed by atoms with Crippen LogP contribution in [-0.4, -0.2) is 17.0 Å². The summed E-state index contributed by atoms with van der Waals surface area (Å²) in [7, 11) is 0. The lowest BCUT2D eigenvalue weighted by Crippen LogP contribution is -2.33. The van der Waals surface area contributed by atoms with E-state index in [4.69, 9.17) is 11.6 Å². The van der Waals surface area contributed by atoms with Crippen LogP contribution in [0.15, 0.2) is 24.3 Å². The van der Waals surface area contributed by atoms with Crippen LogP contribution in [0, 0.1) is 11.8 Å². The van der Waals surface area contributed by atoms with Gasteiger partial charge < -0.3 is 5.11 Å². The topological polar surface area (TPSA) is 78.4 Å². The van der Waals surface area contributed by atoms with Crippen molar-refractivity contribution < 1.29 is 14.7 Å². The SMILES string of the molecule is CCCC[C@H](C(=O)O)[C@@H](C)CC(=O)NNc1ccccc1Cl. The van der Waals surface area contributed by atoms with E-state index in [0.29, 0.717) is 17.1 Å². The lowest BCUT2D eigenvalue weighted by atomic mass is 9.87. The van der Waals surface area contributed by atoms with Crippen LogP contribution in [-0.2, 0) is 9.59 Å². The van der Waals surface area contributed by atoms with E-state index in [-0.39, 0.29) is 18.2 Å². The number of carbonyl (C=O) groups excluding carboxylic acids is 1. The minimum atomic E-state index is -0.840. The van der Waals surface area contributed by atoms with Crippen LogP contribution in [0.25, 0.3) is 0 Å². The second-order valence-electron chi connectivity index (χ2n) is 5.42. The van der Waals surface area contributed by atoms with E-state index in [0.717, 1.165) is 12.8 Å². The van der Waals surface area contributed by atoms with Gasteiger partial charge in [0.25, 0.3) is 0 Å². The molecule has 1 rings (SSSR count). The zero-order valence-corrected chi connectivity index (χ0v) is 13.7. The van der Waals surface area contributed by atoms with Crippen molar-refractivity contribution in [1.29, 1.82) is 0 Å². The third-order valence-electron chi connectivity index (χ3n) is 3.59. The number of carbonyl (C=O) groups is 2. The van der Waals surface area contributed by atoms with Gasteiger partial charge in [-0.25, -0.2) is 0 Å². The molecule has 0 aromatic heterocycles. The molecule has 0 radical (unpaired) electrons. The van der Waals surface area contributed by atoms with Gasteiger partial charge in [-0.15, -0.1) is 0 Å². The van der Waals surface area contributed by atoms with Gasteiger partial charge in [0.15, 0.2) is 0 Å². The molecule has 0 unspecified atom stereocenters. The van der Waals surface area contributed by atoms with Crippen molar-refractivity contribution in [2.75, 3.05) is 5.43 Å². The molecule has 0 saturated heterocycles. The zero-order valence-electron chi connectivity index (χ0n) is 12.9. The summed E-state index contributed by atoms with van der Waals surface area (Å²) >= 11 is 5.97. The fraction of sp³-hybridized carbons (Fsp3) is 0.500. The Bertz CT molecular complexity index is 508. The predicted octanol–water partition coefficient (Wildman–Crippen LogP) is 3.70. The van der Waals surface area contributed by atoms with Gasteiger partial charge >= 0.3 is 5.97 Å². The number of amides is 1. The number of anilines is 1. The van der Waals surface area contributed by atoms with Gasteiger partial charge in [-0.2, -0.15) is 0 Å².